The molecule has 0 atom stereocenters. The van der Waals surface area contributed by atoms with Gasteiger partial charge in [0.15, 0.2) is 0 Å². The van der Waals surface area contributed by atoms with Crippen molar-refractivity contribution in [2.45, 2.75) is 13.8 Å². The second-order valence-electron chi connectivity index (χ2n) is 3.41. The summed E-state index contributed by atoms with van der Waals surface area (Å²) >= 11 is 0. The SMILES string of the molecule is COCC(=O)NCC(=O)NCC(C)C. The predicted molar refractivity (Wildman–Crippen MR) is 52.7 cm³/mol. The molecule has 82 valence electrons. The van der Waals surface area contributed by atoms with Crippen LogP contribution in [0.2, 0.25) is 0 Å². The molecule has 0 aliphatic carbocycles. The molecule has 0 rings (SSSR count). The zero-order chi connectivity index (χ0) is 11.0. The summed E-state index contributed by atoms with van der Waals surface area (Å²) in [6.07, 6.45) is 0. The zero-order valence-corrected chi connectivity index (χ0v) is 8.92. The van der Waals surface area contributed by atoms with Gasteiger partial charge < -0.3 is 15.4 Å². The largest absolute Gasteiger partial charge is 0.375 e. The lowest BCUT2D eigenvalue weighted by atomic mass is 10.2. The minimum absolute atomic E-state index is 0.00884. The van der Waals surface area contributed by atoms with Gasteiger partial charge >= 0.3 is 0 Å². The highest BCUT2D eigenvalue weighted by Crippen LogP contribution is 1.86. The van der Waals surface area contributed by atoms with Crippen LogP contribution in [0.25, 0.3) is 0 Å². The van der Waals surface area contributed by atoms with E-state index < -0.39 is 0 Å². The van der Waals surface area contributed by atoms with Crippen LogP contribution in [-0.4, -0.2) is 38.6 Å². The fourth-order valence-electron chi connectivity index (χ4n) is 0.741. The normalized spacial score (nSPS) is 10.0. The van der Waals surface area contributed by atoms with E-state index >= 15 is 0 Å². The number of ether oxygens (including phenoxy) is 1. The number of amides is 2. The molecule has 0 radical (unpaired) electrons. The Labute approximate surface area is 84.2 Å². The van der Waals surface area contributed by atoms with Crippen molar-refractivity contribution in [3.8, 4) is 0 Å². The van der Waals surface area contributed by atoms with Crippen LogP contribution in [0, 0.1) is 5.92 Å². The number of nitrogens with one attached hydrogen (secondary N) is 2. The molecule has 0 aromatic heterocycles. The van der Waals surface area contributed by atoms with Crippen molar-refractivity contribution < 1.29 is 14.3 Å². The molecule has 0 saturated carbocycles. The van der Waals surface area contributed by atoms with Crippen molar-refractivity contribution in [3.63, 3.8) is 0 Å². The Morgan fingerprint density at radius 2 is 1.86 bits per heavy atom. The molecule has 0 unspecified atom stereocenters. The molecule has 5 nitrogen and oxygen atoms in total. The molecule has 2 N–H and O–H groups in total. The first kappa shape index (κ1) is 12.9. The van der Waals surface area contributed by atoms with Gasteiger partial charge in [0.2, 0.25) is 11.8 Å². The van der Waals surface area contributed by atoms with E-state index in [1.165, 1.54) is 7.11 Å². The van der Waals surface area contributed by atoms with Gasteiger partial charge in [-0.15, -0.1) is 0 Å². The van der Waals surface area contributed by atoms with Crippen LogP contribution in [-0.2, 0) is 14.3 Å². The standard InChI is InChI=1S/C9H18N2O3/c1-7(2)4-10-8(12)5-11-9(13)6-14-3/h7H,4-6H2,1-3H3,(H,10,12)(H,11,13). The van der Waals surface area contributed by atoms with Gasteiger partial charge in [0.25, 0.3) is 0 Å². The summed E-state index contributed by atoms with van der Waals surface area (Å²) in [7, 11) is 1.43. The van der Waals surface area contributed by atoms with Gasteiger partial charge in [0.1, 0.15) is 6.61 Å². The molecule has 0 aliphatic heterocycles. The lowest BCUT2D eigenvalue weighted by Gasteiger charge is -2.08. The lowest BCUT2D eigenvalue weighted by molar-refractivity contribution is -0.128. The molecule has 2 amide bonds. The topological polar surface area (TPSA) is 67.4 Å². The number of hydrogen-bond donors (Lipinski definition) is 2. The summed E-state index contributed by atoms with van der Waals surface area (Å²) < 4.78 is 4.59. The highest BCUT2D eigenvalue weighted by Gasteiger charge is 2.04. The third-order valence-corrected chi connectivity index (χ3v) is 1.43. The third-order valence-electron chi connectivity index (χ3n) is 1.43. The minimum atomic E-state index is -0.285. The van der Waals surface area contributed by atoms with Crippen LogP contribution in [0.1, 0.15) is 13.8 Å². The third kappa shape index (κ3) is 7.54. The van der Waals surface area contributed by atoms with Crippen molar-refractivity contribution in [3.05, 3.63) is 0 Å². The van der Waals surface area contributed by atoms with Crippen LogP contribution < -0.4 is 10.6 Å². The molecule has 0 aliphatic rings. The van der Waals surface area contributed by atoms with Crippen LogP contribution in [0.4, 0.5) is 0 Å². The monoisotopic (exact) mass is 202 g/mol. The first-order chi connectivity index (χ1) is 6.56. The van der Waals surface area contributed by atoms with Crippen LogP contribution in [0.5, 0.6) is 0 Å². The summed E-state index contributed by atoms with van der Waals surface area (Å²) in [6.45, 7) is 4.62. The lowest BCUT2D eigenvalue weighted by Crippen LogP contribution is -2.39. The molecule has 0 fully saturated rings. The molecule has 0 spiro atoms. The molecule has 0 aromatic rings. The smallest absolute Gasteiger partial charge is 0.246 e. The Morgan fingerprint density at radius 3 is 2.36 bits per heavy atom. The Kier molecular flexibility index (Phi) is 6.74. The quantitative estimate of drug-likeness (QED) is 0.611. The fraction of sp³-hybridized carbons (Fsp3) is 0.778. The van der Waals surface area contributed by atoms with Crippen molar-refractivity contribution in [1.82, 2.24) is 10.6 Å². The number of rotatable bonds is 6. The first-order valence-corrected chi connectivity index (χ1v) is 4.58. The average molecular weight is 202 g/mol. The molecular formula is C9H18N2O3. The van der Waals surface area contributed by atoms with Gasteiger partial charge in [-0.05, 0) is 5.92 Å². The fourth-order valence-corrected chi connectivity index (χ4v) is 0.741. The molecule has 0 heterocycles. The summed E-state index contributed by atoms with van der Waals surface area (Å²) in [5.74, 6) is -0.0519. The summed E-state index contributed by atoms with van der Waals surface area (Å²) in [6, 6.07) is 0. The molecular weight excluding hydrogens is 184 g/mol. The van der Waals surface area contributed by atoms with Crippen molar-refractivity contribution in [2.24, 2.45) is 5.92 Å². The highest BCUT2D eigenvalue weighted by molar-refractivity contribution is 5.85. The number of hydrogen-bond acceptors (Lipinski definition) is 3. The van der Waals surface area contributed by atoms with E-state index in [0.29, 0.717) is 12.5 Å². The second kappa shape index (κ2) is 7.32. The van der Waals surface area contributed by atoms with Crippen LogP contribution in [0.15, 0.2) is 0 Å². The van der Waals surface area contributed by atoms with E-state index in [1.54, 1.807) is 0 Å². The summed E-state index contributed by atoms with van der Waals surface area (Å²) in [5, 5.41) is 5.12. The van der Waals surface area contributed by atoms with Gasteiger partial charge in [-0.3, -0.25) is 9.59 Å². The van der Waals surface area contributed by atoms with Gasteiger partial charge in [-0.25, -0.2) is 0 Å². The average Bonchev–Trinajstić information content (AvgIpc) is 2.12. The first-order valence-electron chi connectivity index (χ1n) is 4.58. The Bertz CT molecular complexity index is 192. The van der Waals surface area contributed by atoms with E-state index in [2.05, 4.69) is 15.4 Å². The molecule has 14 heavy (non-hydrogen) atoms. The van der Waals surface area contributed by atoms with E-state index in [0.717, 1.165) is 0 Å². The van der Waals surface area contributed by atoms with E-state index in [9.17, 15) is 9.59 Å². The highest BCUT2D eigenvalue weighted by atomic mass is 16.5. The maximum absolute atomic E-state index is 11.1. The van der Waals surface area contributed by atoms with Crippen molar-refractivity contribution in [1.29, 1.82) is 0 Å². The Morgan fingerprint density at radius 1 is 1.21 bits per heavy atom. The molecule has 0 saturated heterocycles. The molecule has 0 bridgehead atoms. The zero-order valence-electron chi connectivity index (χ0n) is 8.92. The second-order valence-corrected chi connectivity index (χ2v) is 3.41. The van der Waals surface area contributed by atoms with E-state index in [4.69, 9.17) is 0 Å². The van der Waals surface area contributed by atoms with Gasteiger partial charge in [-0.2, -0.15) is 0 Å². The van der Waals surface area contributed by atoms with Crippen molar-refractivity contribution in [2.75, 3.05) is 26.8 Å². The Hall–Kier alpha value is -1.10. The molecule has 0 aromatic carbocycles. The van der Waals surface area contributed by atoms with Gasteiger partial charge in [0.05, 0.1) is 6.54 Å². The number of methoxy groups -OCH3 is 1. The van der Waals surface area contributed by atoms with Crippen LogP contribution in [0.3, 0.4) is 0 Å². The minimum Gasteiger partial charge on any atom is -0.375 e. The van der Waals surface area contributed by atoms with E-state index in [-0.39, 0.29) is 25.0 Å². The summed E-state index contributed by atoms with van der Waals surface area (Å²) in [4.78, 5) is 22.0. The summed E-state index contributed by atoms with van der Waals surface area (Å²) in [5.41, 5.74) is 0. The maximum Gasteiger partial charge on any atom is 0.246 e. The predicted octanol–water partition coefficient (Wildman–Crippen LogP) is -0.479. The number of carbonyl (C=O) groups excluding carboxylic acids is 2. The maximum atomic E-state index is 11.1. The number of carbonyl (C=O) groups is 2. The van der Waals surface area contributed by atoms with Crippen molar-refractivity contribution >= 4 is 11.8 Å². The van der Waals surface area contributed by atoms with E-state index in [1.807, 2.05) is 13.8 Å². The van der Waals surface area contributed by atoms with Crippen LogP contribution >= 0.6 is 0 Å². The Balaban J connectivity index is 3.48. The molecule has 5 heteroatoms. The van der Waals surface area contributed by atoms with Gasteiger partial charge in [-0.1, -0.05) is 13.8 Å². The van der Waals surface area contributed by atoms with Gasteiger partial charge in [0, 0.05) is 13.7 Å².